The molecular formula is C11H20N2O3. The van der Waals surface area contributed by atoms with Crippen molar-refractivity contribution in [2.24, 2.45) is 0 Å². The maximum absolute atomic E-state index is 11.6. The van der Waals surface area contributed by atoms with E-state index >= 15 is 0 Å². The molecule has 92 valence electrons. The molecule has 1 heterocycles. The van der Waals surface area contributed by atoms with Crippen LogP contribution in [0.25, 0.3) is 0 Å². The van der Waals surface area contributed by atoms with Gasteiger partial charge in [-0.25, -0.2) is 0 Å². The number of nitrogens with zero attached hydrogens (tertiary/aromatic N) is 2. The van der Waals surface area contributed by atoms with E-state index in [1.54, 1.807) is 11.8 Å². The van der Waals surface area contributed by atoms with Crippen molar-refractivity contribution >= 4 is 11.9 Å². The fraction of sp³-hybridized carbons (Fsp3) is 0.818. The largest absolute Gasteiger partial charge is 0.466 e. The summed E-state index contributed by atoms with van der Waals surface area (Å²) in [6.07, 6.45) is 1.33. The Morgan fingerprint density at radius 3 is 2.88 bits per heavy atom. The molecule has 1 amide bonds. The molecule has 1 fully saturated rings. The summed E-state index contributed by atoms with van der Waals surface area (Å²) in [6.45, 7) is 4.90. The van der Waals surface area contributed by atoms with Crippen LogP contribution in [-0.4, -0.2) is 61.5 Å². The molecule has 5 heteroatoms. The molecule has 1 rings (SSSR count). The lowest BCUT2D eigenvalue weighted by molar-refractivity contribution is -0.143. The monoisotopic (exact) mass is 228 g/mol. The van der Waals surface area contributed by atoms with Crippen molar-refractivity contribution in [3.8, 4) is 0 Å². The fourth-order valence-electron chi connectivity index (χ4n) is 1.72. The van der Waals surface area contributed by atoms with Crippen LogP contribution in [0.1, 0.15) is 19.8 Å². The average molecular weight is 228 g/mol. The van der Waals surface area contributed by atoms with Crippen LogP contribution in [-0.2, 0) is 14.3 Å². The van der Waals surface area contributed by atoms with E-state index in [2.05, 4.69) is 0 Å². The van der Waals surface area contributed by atoms with Crippen LogP contribution in [0.3, 0.4) is 0 Å². The molecular weight excluding hydrogens is 208 g/mol. The van der Waals surface area contributed by atoms with Gasteiger partial charge in [0.25, 0.3) is 0 Å². The number of carbonyl (C=O) groups excluding carboxylic acids is 2. The summed E-state index contributed by atoms with van der Waals surface area (Å²) in [6, 6.07) is 0. The SMILES string of the molecule is CCOC(=O)CCN1CCCN(C)C(=O)C1. The molecule has 0 atom stereocenters. The van der Waals surface area contributed by atoms with E-state index in [9.17, 15) is 9.59 Å². The van der Waals surface area contributed by atoms with Crippen molar-refractivity contribution in [3.05, 3.63) is 0 Å². The number of ether oxygens (including phenoxy) is 1. The van der Waals surface area contributed by atoms with E-state index < -0.39 is 0 Å². The first-order valence-corrected chi connectivity index (χ1v) is 5.75. The highest BCUT2D eigenvalue weighted by Gasteiger charge is 2.19. The number of carbonyl (C=O) groups is 2. The van der Waals surface area contributed by atoms with Gasteiger partial charge in [-0.2, -0.15) is 0 Å². The Hall–Kier alpha value is -1.10. The maximum Gasteiger partial charge on any atom is 0.307 e. The van der Waals surface area contributed by atoms with Gasteiger partial charge in [0.05, 0.1) is 19.6 Å². The second-order valence-electron chi connectivity index (χ2n) is 4.00. The molecule has 0 aliphatic carbocycles. The van der Waals surface area contributed by atoms with Gasteiger partial charge < -0.3 is 9.64 Å². The van der Waals surface area contributed by atoms with Gasteiger partial charge in [0.2, 0.25) is 5.91 Å². The topological polar surface area (TPSA) is 49.9 Å². The quantitative estimate of drug-likeness (QED) is 0.641. The van der Waals surface area contributed by atoms with Crippen molar-refractivity contribution < 1.29 is 14.3 Å². The van der Waals surface area contributed by atoms with Crippen LogP contribution in [0.4, 0.5) is 0 Å². The minimum Gasteiger partial charge on any atom is -0.466 e. The van der Waals surface area contributed by atoms with Crippen molar-refractivity contribution in [3.63, 3.8) is 0 Å². The van der Waals surface area contributed by atoms with Crippen LogP contribution < -0.4 is 0 Å². The molecule has 0 unspecified atom stereocenters. The van der Waals surface area contributed by atoms with E-state index in [0.29, 0.717) is 26.1 Å². The zero-order chi connectivity index (χ0) is 12.0. The van der Waals surface area contributed by atoms with Gasteiger partial charge in [0.1, 0.15) is 0 Å². The molecule has 5 nitrogen and oxygen atoms in total. The zero-order valence-electron chi connectivity index (χ0n) is 10.1. The normalized spacial score (nSPS) is 18.4. The molecule has 0 bridgehead atoms. The lowest BCUT2D eigenvalue weighted by Crippen LogP contribution is -2.35. The highest BCUT2D eigenvalue weighted by molar-refractivity contribution is 5.78. The lowest BCUT2D eigenvalue weighted by atomic mass is 10.3. The van der Waals surface area contributed by atoms with Gasteiger partial charge in [0, 0.05) is 26.7 Å². The predicted molar refractivity (Wildman–Crippen MR) is 59.9 cm³/mol. The second-order valence-corrected chi connectivity index (χ2v) is 4.00. The molecule has 1 aliphatic rings. The van der Waals surface area contributed by atoms with E-state index in [0.717, 1.165) is 19.5 Å². The van der Waals surface area contributed by atoms with Crippen LogP contribution in [0, 0.1) is 0 Å². The van der Waals surface area contributed by atoms with Crippen molar-refractivity contribution in [1.29, 1.82) is 0 Å². The number of hydrogen-bond acceptors (Lipinski definition) is 4. The van der Waals surface area contributed by atoms with Gasteiger partial charge >= 0.3 is 5.97 Å². The summed E-state index contributed by atoms with van der Waals surface area (Å²) in [5.41, 5.74) is 0. The standard InChI is InChI=1S/C11H20N2O3/c1-3-16-11(15)5-8-13-7-4-6-12(2)10(14)9-13/h3-9H2,1-2H3. The van der Waals surface area contributed by atoms with Crippen molar-refractivity contribution in [2.45, 2.75) is 19.8 Å². The smallest absolute Gasteiger partial charge is 0.307 e. The van der Waals surface area contributed by atoms with Gasteiger partial charge in [-0.1, -0.05) is 0 Å². The van der Waals surface area contributed by atoms with Gasteiger partial charge in [0.15, 0.2) is 0 Å². The van der Waals surface area contributed by atoms with Crippen molar-refractivity contribution in [1.82, 2.24) is 9.80 Å². The molecule has 0 spiro atoms. The highest BCUT2D eigenvalue weighted by Crippen LogP contribution is 2.03. The van der Waals surface area contributed by atoms with Crippen LogP contribution in [0.15, 0.2) is 0 Å². The average Bonchev–Trinajstić information content (AvgIpc) is 2.39. The Morgan fingerprint density at radius 2 is 2.19 bits per heavy atom. The molecule has 0 aromatic heterocycles. The zero-order valence-corrected chi connectivity index (χ0v) is 10.1. The third-order valence-electron chi connectivity index (χ3n) is 2.69. The Kier molecular flexibility index (Phi) is 5.25. The number of amides is 1. The molecule has 0 saturated carbocycles. The molecule has 1 saturated heterocycles. The molecule has 16 heavy (non-hydrogen) atoms. The third kappa shape index (κ3) is 4.18. The summed E-state index contributed by atoms with van der Waals surface area (Å²) >= 11 is 0. The summed E-state index contributed by atoms with van der Waals surface area (Å²) in [7, 11) is 1.82. The van der Waals surface area contributed by atoms with Gasteiger partial charge in [-0.3, -0.25) is 14.5 Å². The van der Waals surface area contributed by atoms with E-state index in [4.69, 9.17) is 4.74 Å². The van der Waals surface area contributed by atoms with E-state index in [1.807, 2.05) is 11.9 Å². The molecule has 0 radical (unpaired) electrons. The molecule has 0 aromatic rings. The van der Waals surface area contributed by atoms with Crippen molar-refractivity contribution in [2.75, 3.05) is 39.8 Å². The summed E-state index contributed by atoms with van der Waals surface area (Å²) in [5.74, 6) is -0.0612. The van der Waals surface area contributed by atoms with E-state index in [1.165, 1.54) is 0 Å². The van der Waals surface area contributed by atoms with Crippen LogP contribution in [0.2, 0.25) is 0 Å². The third-order valence-corrected chi connectivity index (χ3v) is 2.69. The molecule has 0 N–H and O–H groups in total. The Balaban J connectivity index is 2.31. The molecule has 1 aliphatic heterocycles. The number of hydrogen-bond donors (Lipinski definition) is 0. The Labute approximate surface area is 96.3 Å². The van der Waals surface area contributed by atoms with Crippen LogP contribution in [0.5, 0.6) is 0 Å². The first-order valence-electron chi connectivity index (χ1n) is 5.75. The minimum absolute atomic E-state index is 0.126. The fourth-order valence-corrected chi connectivity index (χ4v) is 1.72. The first kappa shape index (κ1) is 13.0. The Morgan fingerprint density at radius 1 is 1.44 bits per heavy atom. The van der Waals surface area contributed by atoms with Gasteiger partial charge in [-0.15, -0.1) is 0 Å². The number of likely N-dealkylation sites (N-methyl/N-ethyl adjacent to an activating group) is 1. The number of esters is 1. The summed E-state index contributed by atoms with van der Waals surface area (Å²) in [5, 5.41) is 0. The molecule has 0 aromatic carbocycles. The lowest BCUT2D eigenvalue weighted by Gasteiger charge is -2.18. The van der Waals surface area contributed by atoms with E-state index in [-0.39, 0.29) is 11.9 Å². The Bertz CT molecular complexity index is 256. The number of rotatable bonds is 4. The minimum atomic E-state index is -0.187. The summed E-state index contributed by atoms with van der Waals surface area (Å²) in [4.78, 5) is 26.5. The first-order chi connectivity index (χ1) is 7.63. The second kappa shape index (κ2) is 6.48. The maximum atomic E-state index is 11.6. The predicted octanol–water partition coefficient (Wildman–Crippen LogP) is 0.104. The van der Waals surface area contributed by atoms with Gasteiger partial charge in [-0.05, 0) is 13.3 Å². The van der Waals surface area contributed by atoms with Crippen LogP contribution >= 0.6 is 0 Å². The summed E-state index contributed by atoms with van der Waals surface area (Å²) < 4.78 is 4.85. The highest BCUT2D eigenvalue weighted by atomic mass is 16.5.